The van der Waals surface area contributed by atoms with Crippen LogP contribution in [0, 0.1) is 0 Å². The van der Waals surface area contributed by atoms with Crippen molar-refractivity contribution in [3.63, 3.8) is 0 Å². The van der Waals surface area contributed by atoms with Crippen LogP contribution in [0.25, 0.3) is 11.0 Å². The molecule has 0 aliphatic heterocycles. The number of imidazole rings is 1. The number of aromatic nitrogens is 2. The van der Waals surface area contributed by atoms with Crippen LogP contribution in [0.5, 0.6) is 0 Å². The number of benzene rings is 1. The Balaban J connectivity index is 2.16. The van der Waals surface area contributed by atoms with E-state index in [0.29, 0.717) is 11.6 Å². The highest BCUT2D eigenvalue weighted by molar-refractivity contribution is 5.92. The van der Waals surface area contributed by atoms with E-state index in [1.807, 2.05) is 6.33 Å². The Labute approximate surface area is 119 Å². The van der Waals surface area contributed by atoms with E-state index < -0.39 is 5.97 Å². The third kappa shape index (κ3) is 3.18. The van der Waals surface area contributed by atoms with Crippen molar-refractivity contribution in [3.05, 3.63) is 30.1 Å². The van der Waals surface area contributed by atoms with E-state index in [9.17, 15) is 4.79 Å². The molecule has 20 heavy (non-hydrogen) atoms. The first-order valence-electron chi connectivity index (χ1n) is 7.33. The smallest absolute Gasteiger partial charge is 0.335 e. The number of nitrogens with zero attached hydrogens (tertiary/aromatic N) is 2. The van der Waals surface area contributed by atoms with E-state index in [0.717, 1.165) is 17.5 Å². The number of carboxylic acid groups (broad SMARTS) is 1. The average Bonchev–Trinajstić information content (AvgIpc) is 2.86. The molecule has 0 fully saturated rings. The van der Waals surface area contributed by atoms with Crippen LogP contribution in [0.1, 0.15) is 62.4 Å². The van der Waals surface area contributed by atoms with E-state index in [-0.39, 0.29) is 0 Å². The first-order chi connectivity index (χ1) is 9.63. The topological polar surface area (TPSA) is 55.1 Å². The maximum atomic E-state index is 11.1. The number of unbranched alkanes of at least 4 members (excludes halogenated alkanes) is 3. The quantitative estimate of drug-likeness (QED) is 0.767. The van der Waals surface area contributed by atoms with Gasteiger partial charge < -0.3 is 9.67 Å². The summed E-state index contributed by atoms with van der Waals surface area (Å²) in [5, 5.41) is 9.08. The molecule has 0 saturated heterocycles. The molecule has 4 heteroatoms. The highest BCUT2D eigenvalue weighted by Gasteiger charge is 2.11. The van der Waals surface area contributed by atoms with Crippen LogP contribution in [0.2, 0.25) is 0 Å². The molecule has 0 aliphatic carbocycles. The highest BCUT2D eigenvalue weighted by Crippen LogP contribution is 2.23. The summed E-state index contributed by atoms with van der Waals surface area (Å²) in [5.41, 5.74) is 2.08. The summed E-state index contributed by atoms with van der Waals surface area (Å²) in [4.78, 5) is 15.4. The minimum Gasteiger partial charge on any atom is -0.478 e. The van der Waals surface area contributed by atoms with Gasteiger partial charge in [-0.1, -0.05) is 32.6 Å². The van der Waals surface area contributed by atoms with E-state index in [2.05, 4.69) is 23.4 Å². The number of carboxylic acids is 1. The lowest BCUT2D eigenvalue weighted by Gasteiger charge is -2.14. The van der Waals surface area contributed by atoms with Crippen LogP contribution >= 0.6 is 0 Å². The lowest BCUT2D eigenvalue weighted by Crippen LogP contribution is -2.04. The maximum Gasteiger partial charge on any atom is 0.335 e. The van der Waals surface area contributed by atoms with Gasteiger partial charge in [0.15, 0.2) is 0 Å². The standard InChI is InChI=1S/C16H22N2O2/c1-3-4-5-6-7-12(2)18-11-17-14-9-8-13(16(19)20)10-15(14)18/h8-12H,3-7H2,1-2H3,(H,19,20). The molecule has 2 aromatic rings. The monoisotopic (exact) mass is 274 g/mol. The van der Waals surface area contributed by atoms with E-state index in [4.69, 9.17) is 5.11 Å². The molecule has 2 rings (SSSR count). The van der Waals surface area contributed by atoms with Crippen molar-refractivity contribution in [1.29, 1.82) is 0 Å². The molecule has 1 N–H and O–H groups in total. The fourth-order valence-corrected chi connectivity index (χ4v) is 2.52. The van der Waals surface area contributed by atoms with Gasteiger partial charge in [0.1, 0.15) is 0 Å². The van der Waals surface area contributed by atoms with Crippen molar-refractivity contribution in [2.45, 2.75) is 52.0 Å². The van der Waals surface area contributed by atoms with Gasteiger partial charge in [-0.05, 0) is 31.5 Å². The molecule has 0 amide bonds. The van der Waals surface area contributed by atoms with Crippen LogP contribution in [0.3, 0.4) is 0 Å². The van der Waals surface area contributed by atoms with Crippen LogP contribution < -0.4 is 0 Å². The molecule has 0 saturated carbocycles. The molecule has 0 radical (unpaired) electrons. The van der Waals surface area contributed by atoms with Crippen LogP contribution in [0.4, 0.5) is 0 Å². The number of hydrogen-bond donors (Lipinski definition) is 1. The zero-order chi connectivity index (χ0) is 14.5. The Morgan fingerprint density at radius 2 is 2.15 bits per heavy atom. The Morgan fingerprint density at radius 1 is 1.35 bits per heavy atom. The van der Waals surface area contributed by atoms with Crippen molar-refractivity contribution in [2.24, 2.45) is 0 Å². The molecule has 1 heterocycles. The molecule has 0 spiro atoms. The molecule has 1 atom stereocenters. The second-order valence-electron chi connectivity index (χ2n) is 5.36. The largest absolute Gasteiger partial charge is 0.478 e. The van der Waals surface area contributed by atoms with Gasteiger partial charge in [-0.25, -0.2) is 9.78 Å². The number of carbonyl (C=O) groups is 1. The Kier molecular flexibility index (Phi) is 4.77. The third-order valence-corrected chi connectivity index (χ3v) is 3.77. The molecule has 4 nitrogen and oxygen atoms in total. The van der Waals surface area contributed by atoms with Gasteiger partial charge in [0.25, 0.3) is 0 Å². The molecular formula is C16H22N2O2. The first kappa shape index (κ1) is 14.6. The van der Waals surface area contributed by atoms with Gasteiger partial charge >= 0.3 is 5.97 Å². The summed E-state index contributed by atoms with van der Waals surface area (Å²) in [6.07, 6.45) is 7.90. The summed E-state index contributed by atoms with van der Waals surface area (Å²) < 4.78 is 2.09. The second kappa shape index (κ2) is 6.55. The third-order valence-electron chi connectivity index (χ3n) is 3.77. The fourth-order valence-electron chi connectivity index (χ4n) is 2.52. The summed E-state index contributed by atoms with van der Waals surface area (Å²) in [5.74, 6) is -0.893. The fraction of sp³-hybridized carbons (Fsp3) is 0.500. The van der Waals surface area contributed by atoms with Crippen LogP contribution in [-0.4, -0.2) is 20.6 Å². The number of hydrogen-bond acceptors (Lipinski definition) is 2. The molecule has 108 valence electrons. The van der Waals surface area contributed by atoms with E-state index >= 15 is 0 Å². The van der Waals surface area contributed by atoms with Crippen molar-refractivity contribution in [1.82, 2.24) is 9.55 Å². The van der Waals surface area contributed by atoms with Gasteiger partial charge in [0.2, 0.25) is 0 Å². The molecule has 1 aromatic heterocycles. The maximum absolute atomic E-state index is 11.1. The second-order valence-corrected chi connectivity index (χ2v) is 5.36. The number of fused-ring (bicyclic) bond motifs is 1. The van der Waals surface area contributed by atoms with Gasteiger partial charge in [0, 0.05) is 6.04 Å². The number of rotatable bonds is 7. The van der Waals surface area contributed by atoms with Crippen molar-refractivity contribution in [3.8, 4) is 0 Å². The Morgan fingerprint density at radius 3 is 2.85 bits per heavy atom. The van der Waals surface area contributed by atoms with Crippen molar-refractivity contribution in [2.75, 3.05) is 0 Å². The molecule has 1 aromatic carbocycles. The van der Waals surface area contributed by atoms with E-state index in [1.54, 1.807) is 18.2 Å². The Bertz CT molecular complexity index is 589. The van der Waals surface area contributed by atoms with Gasteiger partial charge in [0.05, 0.1) is 22.9 Å². The SMILES string of the molecule is CCCCCCC(C)n1cnc2ccc(C(=O)O)cc21. The van der Waals surface area contributed by atoms with Gasteiger partial charge in [-0.3, -0.25) is 0 Å². The normalized spacial score (nSPS) is 12.7. The van der Waals surface area contributed by atoms with Crippen LogP contribution in [0.15, 0.2) is 24.5 Å². The first-order valence-corrected chi connectivity index (χ1v) is 7.33. The average molecular weight is 274 g/mol. The number of aromatic carboxylic acids is 1. The lowest BCUT2D eigenvalue weighted by atomic mass is 10.1. The molecular weight excluding hydrogens is 252 g/mol. The summed E-state index contributed by atoms with van der Waals surface area (Å²) in [7, 11) is 0. The Hall–Kier alpha value is -1.84. The minimum atomic E-state index is -0.893. The van der Waals surface area contributed by atoms with Gasteiger partial charge in [-0.15, -0.1) is 0 Å². The predicted molar refractivity (Wildman–Crippen MR) is 80.2 cm³/mol. The molecule has 0 bridgehead atoms. The summed E-state index contributed by atoms with van der Waals surface area (Å²) in [6.45, 7) is 4.38. The lowest BCUT2D eigenvalue weighted by molar-refractivity contribution is 0.0697. The van der Waals surface area contributed by atoms with Gasteiger partial charge in [-0.2, -0.15) is 0 Å². The molecule has 0 aliphatic rings. The van der Waals surface area contributed by atoms with Crippen LogP contribution in [-0.2, 0) is 0 Å². The molecule has 1 unspecified atom stereocenters. The van der Waals surface area contributed by atoms with Crippen molar-refractivity contribution >= 4 is 17.0 Å². The van der Waals surface area contributed by atoms with Crippen molar-refractivity contribution < 1.29 is 9.90 Å². The zero-order valence-corrected chi connectivity index (χ0v) is 12.2. The summed E-state index contributed by atoms with van der Waals surface area (Å²) in [6, 6.07) is 5.45. The van der Waals surface area contributed by atoms with E-state index in [1.165, 1.54) is 25.7 Å². The highest BCUT2D eigenvalue weighted by atomic mass is 16.4. The predicted octanol–water partition coefficient (Wildman–Crippen LogP) is 4.27. The minimum absolute atomic E-state index is 0.317. The zero-order valence-electron chi connectivity index (χ0n) is 12.2. The summed E-state index contributed by atoms with van der Waals surface area (Å²) >= 11 is 0.